The molecular formula is C40H57N5O9S. The number of hydrogen-bond donors (Lipinski definition) is 3. The summed E-state index contributed by atoms with van der Waals surface area (Å²) in [5.74, 6) is -1.35. The number of aryl methyl sites for hydroxylation is 1. The lowest BCUT2D eigenvalue weighted by Crippen LogP contribution is -2.59. The smallest absolute Gasteiger partial charge is 0.407 e. The molecule has 0 spiro atoms. The van der Waals surface area contributed by atoms with Crippen LogP contribution in [0.25, 0.3) is 10.8 Å². The van der Waals surface area contributed by atoms with E-state index in [1.807, 2.05) is 39.0 Å². The van der Waals surface area contributed by atoms with Crippen LogP contribution in [0, 0.1) is 17.3 Å². The Morgan fingerprint density at radius 3 is 2.55 bits per heavy atom. The van der Waals surface area contributed by atoms with Gasteiger partial charge in [0.25, 0.3) is 5.91 Å². The van der Waals surface area contributed by atoms with Crippen LogP contribution >= 0.6 is 0 Å². The van der Waals surface area contributed by atoms with Crippen molar-refractivity contribution in [3.05, 3.63) is 30.0 Å². The van der Waals surface area contributed by atoms with Crippen LogP contribution in [0.2, 0.25) is 0 Å². The molecule has 3 N–H and O–H groups in total. The van der Waals surface area contributed by atoms with E-state index >= 15 is 0 Å². The number of nitrogens with zero attached hydrogens (tertiary/aromatic N) is 2. The van der Waals surface area contributed by atoms with E-state index in [4.69, 9.17) is 14.2 Å². The van der Waals surface area contributed by atoms with Gasteiger partial charge in [-0.2, -0.15) is 0 Å². The first kappa shape index (κ1) is 40.5. The zero-order chi connectivity index (χ0) is 39.5. The number of ether oxygens (including phenoxy) is 3. The summed E-state index contributed by atoms with van der Waals surface area (Å²) in [6, 6.07) is 2.64. The van der Waals surface area contributed by atoms with E-state index in [0.29, 0.717) is 31.6 Å². The van der Waals surface area contributed by atoms with E-state index in [1.165, 1.54) is 4.90 Å². The average molecular weight is 784 g/mol. The number of fused-ring (bicyclic) bond motifs is 3. The van der Waals surface area contributed by atoms with Crippen molar-refractivity contribution < 1.29 is 41.8 Å². The Labute approximate surface area is 324 Å². The molecule has 1 unspecified atom stereocenters. The van der Waals surface area contributed by atoms with Crippen molar-refractivity contribution in [2.75, 3.05) is 20.3 Å². The van der Waals surface area contributed by atoms with E-state index in [-0.39, 0.29) is 30.9 Å². The van der Waals surface area contributed by atoms with Gasteiger partial charge in [0.05, 0.1) is 25.5 Å². The van der Waals surface area contributed by atoms with Crippen molar-refractivity contribution in [3.63, 3.8) is 0 Å². The van der Waals surface area contributed by atoms with Crippen molar-refractivity contribution in [1.82, 2.24) is 25.2 Å². The highest BCUT2D eigenvalue weighted by atomic mass is 32.2. The first-order chi connectivity index (χ1) is 26.2. The van der Waals surface area contributed by atoms with Crippen LogP contribution < -0.4 is 24.8 Å². The van der Waals surface area contributed by atoms with Gasteiger partial charge in [0, 0.05) is 18.0 Å². The molecular weight excluding hydrogens is 727 g/mol. The first-order valence-electron chi connectivity index (χ1n) is 19.9. The number of rotatable bonds is 9. The second-order valence-corrected chi connectivity index (χ2v) is 18.6. The highest BCUT2D eigenvalue weighted by Gasteiger charge is 2.47. The molecule has 5 atom stereocenters. The number of nitrogens with one attached hydrogen (secondary N) is 3. The van der Waals surface area contributed by atoms with Crippen LogP contribution in [-0.4, -0.2) is 91.9 Å². The number of sulfonamides is 1. The fourth-order valence-corrected chi connectivity index (χ4v) is 9.46. The Kier molecular flexibility index (Phi) is 12.5. The number of cyclic esters (lactones) is 1. The lowest BCUT2D eigenvalue weighted by molar-refractivity contribution is -0.142. The van der Waals surface area contributed by atoms with Gasteiger partial charge in [-0.15, -0.1) is 0 Å². The van der Waals surface area contributed by atoms with Gasteiger partial charge in [0.15, 0.2) is 0 Å². The third-order valence-electron chi connectivity index (χ3n) is 11.8. The predicted molar refractivity (Wildman–Crippen MR) is 206 cm³/mol. The molecule has 2 aromatic rings. The fourth-order valence-electron chi connectivity index (χ4n) is 8.13. The summed E-state index contributed by atoms with van der Waals surface area (Å²) in [4.78, 5) is 62.1. The summed E-state index contributed by atoms with van der Waals surface area (Å²) in [5, 5.41) is 6.72. The SMILES string of the molecule is CC[C@H](C)C(NC(=O)[C@@H]1C[C@@H]2CN1C(=O)[C@H](C1CCCCC1)NC(=O)OCC(C)(C)CCCc1cc3c(nccc3cc1OC)O2)C(=O)NS(=O)(=O)C1CC1. The number of pyridine rings is 1. The summed E-state index contributed by atoms with van der Waals surface area (Å²) in [6.45, 7) is 7.85. The van der Waals surface area contributed by atoms with Crippen molar-refractivity contribution in [2.24, 2.45) is 17.3 Å². The Morgan fingerprint density at radius 2 is 1.85 bits per heavy atom. The number of alkyl carbamates (subject to hydrolysis) is 1. The van der Waals surface area contributed by atoms with E-state index in [2.05, 4.69) is 20.3 Å². The van der Waals surface area contributed by atoms with Crippen LogP contribution in [0.5, 0.6) is 11.6 Å². The molecule has 0 radical (unpaired) electrons. The molecule has 302 valence electrons. The Balaban J connectivity index is 1.36. The van der Waals surface area contributed by atoms with Gasteiger partial charge in [-0.3, -0.25) is 19.1 Å². The minimum absolute atomic E-state index is 0.0151. The molecule has 6 rings (SSSR count). The minimum Gasteiger partial charge on any atom is -0.496 e. The second kappa shape index (κ2) is 16.9. The maximum absolute atomic E-state index is 14.8. The Morgan fingerprint density at radius 1 is 1.11 bits per heavy atom. The zero-order valence-corrected chi connectivity index (χ0v) is 33.5. The summed E-state index contributed by atoms with van der Waals surface area (Å²) < 4.78 is 45.8. The van der Waals surface area contributed by atoms with E-state index < -0.39 is 69.2 Å². The molecule has 2 aliphatic carbocycles. The summed E-state index contributed by atoms with van der Waals surface area (Å²) in [5.41, 5.74) is 0.617. The first-order valence-corrected chi connectivity index (χ1v) is 21.5. The predicted octanol–water partition coefficient (Wildman–Crippen LogP) is 4.77. The topological polar surface area (TPSA) is 182 Å². The third kappa shape index (κ3) is 9.64. The molecule has 1 aromatic carbocycles. The van der Waals surface area contributed by atoms with Crippen molar-refractivity contribution >= 4 is 44.6 Å². The fraction of sp³-hybridized carbons (Fsp3) is 0.675. The maximum atomic E-state index is 14.8. The van der Waals surface area contributed by atoms with Gasteiger partial charge in [-0.25, -0.2) is 18.2 Å². The molecule has 14 nitrogen and oxygen atoms in total. The molecule has 4 amide bonds. The zero-order valence-electron chi connectivity index (χ0n) is 32.7. The quantitative estimate of drug-likeness (QED) is 0.321. The van der Waals surface area contributed by atoms with Crippen molar-refractivity contribution in [1.29, 1.82) is 0 Å². The average Bonchev–Trinajstić information content (AvgIpc) is 3.95. The summed E-state index contributed by atoms with van der Waals surface area (Å²) >= 11 is 0. The van der Waals surface area contributed by atoms with Crippen LogP contribution in [-0.2, 0) is 35.6 Å². The maximum Gasteiger partial charge on any atom is 0.407 e. The molecule has 2 aliphatic heterocycles. The van der Waals surface area contributed by atoms with Gasteiger partial charge < -0.3 is 29.7 Å². The van der Waals surface area contributed by atoms with Crippen molar-refractivity contribution in [3.8, 4) is 11.6 Å². The largest absolute Gasteiger partial charge is 0.496 e. The highest BCUT2D eigenvalue weighted by Crippen LogP contribution is 2.36. The van der Waals surface area contributed by atoms with Gasteiger partial charge in [-0.05, 0) is 91.3 Å². The van der Waals surface area contributed by atoms with Gasteiger partial charge in [-0.1, -0.05) is 53.4 Å². The number of hydrogen-bond acceptors (Lipinski definition) is 10. The Hall–Kier alpha value is -4.14. The molecule has 15 heteroatoms. The van der Waals surface area contributed by atoms with Gasteiger partial charge in [0.1, 0.15) is 30.0 Å². The Bertz CT molecular complexity index is 1860. The monoisotopic (exact) mass is 783 g/mol. The van der Waals surface area contributed by atoms with Crippen LogP contribution in [0.15, 0.2) is 24.4 Å². The summed E-state index contributed by atoms with van der Waals surface area (Å²) in [7, 11) is -2.24. The molecule has 4 bridgehead atoms. The van der Waals surface area contributed by atoms with Gasteiger partial charge >= 0.3 is 6.09 Å². The van der Waals surface area contributed by atoms with Crippen LogP contribution in [0.4, 0.5) is 4.79 Å². The molecule has 55 heavy (non-hydrogen) atoms. The van der Waals surface area contributed by atoms with Crippen molar-refractivity contribution in [2.45, 2.75) is 134 Å². The lowest BCUT2D eigenvalue weighted by Gasteiger charge is -2.35. The standard InChI is InChI=1S/C40H57N5O9S/c1-6-24(2)33(36(47)44-55(50,51)29-14-15-29)42-35(46)31-21-28-22-45(31)38(48)34(25-11-8-7-9-12-25)43-39(49)53-23-40(3,4)17-10-13-27-19-30-26(20-32(27)52-5)16-18-41-37(30)54-28/h16,18-20,24-25,28-29,31,33-34H,6-15,17,21-23H2,1-5H3,(H,42,46)(H,43,49)(H,44,47)/t24-,28+,31-,33?,34-/m0/s1. The molecule has 1 aromatic heterocycles. The number of carbonyl (C=O) groups is 4. The highest BCUT2D eigenvalue weighted by molar-refractivity contribution is 7.90. The number of carbonyl (C=O) groups excluding carboxylic acids is 4. The van der Waals surface area contributed by atoms with E-state index in [0.717, 1.165) is 67.0 Å². The van der Waals surface area contributed by atoms with E-state index in [1.54, 1.807) is 20.2 Å². The van der Waals surface area contributed by atoms with Gasteiger partial charge in [0.2, 0.25) is 27.7 Å². The molecule has 3 fully saturated rings. The second-order valence-electron chi connectivity index (χ2n) is 16.7. The van der Waals surface area contributed by atoms with Crippen LogP contribution in [0.1, 0.15) is 104 Å². The number of methoxy groups -OCH3 is 1. The summed E-state index contributed by atoms with van der Waals surface area (Å²) in [6.07, 6.45) is 8.35. The lowest BCUT2D eigenvalue weighted by atomic mass is 9.83. The number of benzene rings is 1. The van der Waals surface area contributed by atoms with E-state index in [9.17, 15) is 27.6 Å². The number of amides is 4. The number of aromatic nitrogens is 1. The van der Waals surface area contributed by atoms with Crippen LogP contribution in [0.3, 0.4) is 0 Å². The third-order valence-corrected chi connectivity index (χ3v) is 13.6. The normalized spacial score (nSPS) is 25.1. The molecule has 2 saturated carbocycles. The molecule has 3 heterocycles. The molecule has 1 saturated heterocycles. The minimum atomic E-state index is -3.87. The molecule has 4 aliphatic rings.